The van der Waals surface area contributed by atoms with Gasteiger partial charge < -0.3 is 10.6 Å². The first kappa shape index (κ1) is 12.4. The lowest BCUT2D eigenvalue weighted by atomic mass is 10.1. The molecular formula is C15H24N2. The first-order valence-corrected chi connectivity index (χ1v) is 6.84. The zero-order valence-electron chi connectivity index (χ0n) is 11.0. The molecule has 2 atom stereocenters. The van der Waals surface area contributed by atoms with Crippen molar-refractivity contribution in [1.82, 2.24) is 0 Å². The summed E-state index contributed by atoms with van der Waals surface area (Å²) in [5.74, 6) is 0. The number of para-hydroxylation sites is 1. The predicted octanol–water partition coefficient (Wildman–Crippen LogP) is 2.96. The molecule has 2 N–H and O–H groups in total. The van der Waals surface area contributed by atoms with Gasteiger partial charge in [-0.25, -0.2) is 0 Å². The van der Waals surface area contributed by atoms with Crippen molar-refractivity contribution in [3.63, 3.8) is 0 Å². The van der Waals surface area contributed by atoms with Crippen LogP contribution in [0.1, 0.15) is 38.7 Å². The molecule has 0 saturated heterocycles. The van der Waals surface area contributed by atoms with E-state index >= 15 is 0 Å². The highest BCUT2D eigenvalue weighted by molar-refractivity contribution is 5.60. The molecular weight excluding hydrogens is 208 g/mol. The molecule has 0 aromatic heterocycles. The first-order chi connectivity index (χ1) is 8.27. The van der Waals surface area contributed by atoms with Gasteiger partial charge in [0, 0.05) is 24.3 Å². The summed E-state index contributed by atoms with van der Waals surface area (Å²) in [6.07, 6.45) is 4.90. The highest BCUT2D eigenvalue weighted by atomic mass is 15.2. The second-order valence-electron chi connectivity index (χ2n) is 5.12. The minimum Gasteiger partial charge on any atom is -0.364 e. The first-order valence-electron chi connectivity index (χ1n) is 6.84. The van der Waals surface area contributed by atoms with Crippen molar-refractivity contribution in [2.24, 2.45) is 5.73 Å². The lowest BCUT2D eigenvalue weighted by molar-refractivity contribution is 0.501. The number of hydrogen-bond donors (Lipinski definition) is 1. The minimum atomic E-state index is 0.508. The van der Waals surface area contributed by atoms with Gasteiger partial charge in [-0.1, -0.05) is 38.0 Å². The highest BCUT2D eigenvalue weighted by Gasteiger charge is 2.30. The molecule has 0 spiro atoms. The van der Waals surface area contributed by atoms with Gasteiger partial charge in [-0.15, -0.1) is 0 Å². The summed E-state index contributed by atoms with van der Waals surface area (Å²) in [4.78, 5) is 2.55. The number of nitrogens with zero attached hydrogens (tertiary/aromatic N) is 1. The Hall–Kier alpha value is -1.02. The van der Waals surface area contributed by atoms with Crippen LogP contribution < -0.4 is 10.6 Å². The summed E-state index contributed by atoms with van der Waals surface area (Å²) < 4.78 is 0. The van der Waals surface area contributed by atoms with Crippen molar-refractivity contribution in [3.05, 3.63) is 29.8 Å². The fraction of sp³-hybridized carbons (Fsp3) is 0.600. The van der Waals surface area contributed by atoms with Gasteiger partial charge >= 0.3 is 0 Å². The second-order valence-corrected chi connectivity index (χ2v) is 5.12. The summed E-state index contributed by atoms with van der Waals surface area (Å²) in [6, 6.07) is 9.87. The number of fused-ring (bicyclic) bond motifs is 1. The molecule has 1 aliphatic rings. The molecule has 1 aromatic rings. The summed E-state index contributed by atoms with van der Waals surface area (Å²) in [5, 5.41) is 0. The van der Waals surface area contributed by atoms with E-state index in [4.69, 9.17) is 5.73 Å². The molecule has 1 heterocycles. The van der Waals surface area contributed by atoms with Gasteiger partial charge in [0.05, 0.1) is 0 Å². The van der Waals surface area contributed by atoms with Crippen molar-refractivity contribution in [1.29, 1.82) is 0 Å². The Morgan fingerprint density at radius 1 is 1.41 bits per heavy atom. The SMILES string of the molecule is CCCCC(CN)N1c2ccccc2CC1C. The molecule has 0 bridgehead atoms. The number of hydrogen-bond acceptors (Lipinski definition) is 2. The van der Waals surface area contributed by atoms with Crippen LogP contribution in [0.25, 0.3) is 0 Å². The fourth-order valence-electron chi connectivity index (χ4n) is 2.96. The number of nitrogens with two attached hydrogens (primary N) is 1. The Kier molecular flexibility index (Phi) is 4.06. The Morgan fingerprint density at radius 2 is 2.18 bits per heavy atom. The van der Waals surface area contributed by atoms with Crippen LogP contribution in [0.3, 0.4) is 0 Å². The molecule has 0 amide bonds. The van der Waals surface area contributed by atoms with E-state index in [0.717, 1.165) is 6.54 Å². The average Bonchev–Trinajstić information content (AvgIpc) is 2.67. The zero-order valence-corrected chi connectivity index (χ0v) is 11.0. The van der Waals surface area contributed by atoms with Crippen LogP contribution in [-0.4, -0.2) is 18.6 Å². The minimum absolute atomic E-state index is 0.508. The molecule has 2 unspecified atom stereocenters. The average molecular weight is 232 g/mol. The lowest BCUT2D eigenvalue weighted by Gasteiger charge is -2.33. The van der Waals surface area contributed by atoms with Crippen molar-refractivity contribution < 1.29 is 0 Å². The molecule has 0 radical (unpaired) electrons. The third-order valence-electron chi connectivity index (χ3n) is 3.82. The van der Waals surface area contributed by atoms with E-state index in [1.165, 1.54) is 36.9 Å². The number of rotatable bonds is 5. The van der Waals surface area contributed by atoms with Crippen molar-refractivity contribution in [2.45, 2.75) is 51.6 Å². The largest absolute Gasteiger partial charge is 0.364 e. The summed E-state index contributed by atoms with van der Waals surface area (Å²) in [7, 11) is 0. The van der Waals surface area contributed by atoms with Crippen LogP contribution in [-0.2, 0) is 6.42 Å². The highest BCUT2D eigenvalue weighted by Crippen LogP contribution is 2.34. The molecule has 0 saturated carbocycles. The van der Waals surface area contributed by atoms with Crippen LogP contribution in [0.5, 0.6) is 0 Å². The van der Waals surface area contributed by atoms with Crippen molar-refractivity contribution in [2.75, 3.05) is 11.4 Å². The molecule has 94 valence electrons. The lowest BCUT2D eigenvalue weighted by Crippen LogP contribution is -2.44. The van der Waals surface area contributed by atoms with Crippen LogP contribution >= 0.6 is 0 Å². The Balaban J connectivity index is 2.19. The molecule has 0 fully saturated rings. The van der Waals surface area contributed by atoms with Gasteiger partial charge in [0.25, 0.3) is 0 Å². The van der Waals surface area contributed by atoms with Crippen molar-refractivity contribution in [3.8, 4) is 0 Å². The maximum atomic E-state index is 5.97. The fourth-order valence-corrected chi connectivity index (χ4v) is 2.96. The summed E-state index contributed by atoms with van der Waals surface area (Å²) in [5.41, 5.74) is 8.86. The zero-order chi connectivity index (χ0) is 12.3. The summed E-state index contributed by atoms with van der Waals surface area (Å²) >= 11 is 0. The van der Waals surface area contributed by atoms with Gasteiger partial charge in [0.1, 0.15) is 0 Å². The van der Waals surface area contributed by atoms with Gasteiger partial charge in [-0.05, 0) is 31.4 Å². The number of unbranched alkanes of at least 4 members (excludes halogenated alkanes) is 1. The number of anilines is 1. The van der Waals surface area contributed by atoms with E-state index in [9.17, 15) is 0 Å². The van der Waals surface area contributed by atoms with Crippen LogP contribution in [0.2, 0.25) is 0 Å². The van der Waals surface area contributed by atoms with E-state index < -0.39 is 0 Å². The Bertz CT molecular complexity index is 362. The Labute approximate surface area is 105 Å². The van der Waals surface area contributed by atoms with E-state index in [0.29, 0.717) is 12.1 Å². The maximum Gasteiger partial charge on any atom is 0.0415 e. The normalized spacial score (nSPS) is 20.4. The topological polar surface area (TPSA) is 29.3 Å². The molecule has 1 aliphatic heterocycles. The molecule has 1 aromatic carbocycles. The molecule has 2 nitrogen and oxygen atoms in total. The van der Waals surface area contributed by atoms with Crippen LogP contribution in [0, 0.1) is 0 Å². The van der Waals surface area contributed by atoms with E-state index in [1.807, 2.05) is 0 Å². The van der Waals surface area contributed by atoms with E-state index in [-0.39, 0.29) is 0 Å². The molecule has 0 aliphatic carbocycles. The predicted molar refractivity (Wildman–Crippen MR) is 74.5 cm³/mol. The quantitative estimate of drug-likeness (QED) is 0.845. The van der Waals surface area contributed by atoms with E-state index in [1.54, 1.807) is 0 Å². The molecule has 2 heteroatoms. The smallest absolute Gasteiger partial charge is 0.0415 e. The third-order valence-corrected chi connectivity index (χ3v) is 3.82. The van der Waals surface area contributed by atoms with E-state index in [2.05, 4.69) is 43.0 Å². The van der Waals surface area contributed by atoms with Gasteiger partial charge in [0.2, 0.25) is 0 Å². The Morgan fingerprint density at radius 3 is 2.88 bits per heavy atom. The third kappa shape index (κ3) is 2.47. The molecule has 17 heavy (non-hydrogen) atoms. The van der Waals surface area contributed by atoms with Crippen LogP contribution in [0.15, 0.2) is 24.3 Å². The van der Waals surface area contributed by atoms with Gasteiger partial charge in [-0.3, -0.25) is 0 Å². The maximum absolute atomic E-state index is 5.97. The number of benzene rings is 1. The van der Waals surface area contributed by atoms with Crippen molar-refractivity contribution >= 4 is 5.69 Å². The monoisotopic (exact) mass is 232 g/mol. The standard InChI is InChI=1S/C15H24N2/c1-3-4-8-14(11-16)17-12(2)10-13-7-5-6-9-15(13)17/h5-7,9,12,14H,3-4,8,10-11,16H2,1-2H3. The van der Waals surface area contributed by atoms with Crippen LogP contribution in [0.4, 0.5) is 5.69 Å². The van der Waals surface area contributed by atoms with Gasteiger partial charge in [-0.2, -0.15) is 0 Å². The molecule has 2 rings (SSSR count). The summed E-state index contributed by atoms with van der Waals surface area (Å²) in [6.45, 7) is 5.32. The van der Waals surface area contributed by atoms with Gasteiger partial charge in [0.15, 0.2) is 0 Å². The second kappa shape index (κ2) is 5.54.